The molecule has 0 spiro atoms. The Balaban J connectivity index is 0. The maximum Gasteiger partial charge on any atom is 0.335 e. The summed E-state index contributed by atoms with van der Waals surface area (Å²) in [6, 6.07) is 4.21. The zero-order chi connectivity index (χ0) is 8.43. The Labute approximate surface area is 66.4 Å². The van der Waals surface area contributed by atoms with Gasteiger partial charge in [-0.2, -0.15) is 0 Å². The lowest BCUT2D eigenvalue weighted by Gasteiger charge is -1.99. The highest BCUT2D eigenvalue weighted by atomic mass is 16.4. The van der Waals surface area contributed by atoms with Gasteiger partial charge in [0.25, 0.3) is 0 Å². The SMILES string of the molecule is Nc1ccc(C(=O)O)cc1N.[HH].[HH]. The van der Waals surface area contributed by atoms with E-state index in [0.29, 0.717) is 11.4 Å². The number of hydrogen-bond acceptors (Lipinski definition) is 3. The molecular weight excluding hydrogens is 144 g/mol. The van der Waals surface area contributed by atoms with Crippen LogP contribution in [0.3, 0.4) is 0 Å². The van der Waals surface area contributed by atoms with E-state index in [1.807, 2.05) is 0 Å². The molecule has 0 amide bonds. The van der Waals surface area contributed by atoms with Gasteiger partial charge < -0.3 is 16.6 Å². The molecule has 0 fully saturated rings. The molecule has 0 heterocycles. The second-order valence-corrected chi connectivity index (χ2v) is 2.15. The molecule has 5 N–H and O–H groups in total. The minimum atomic E-state index is -1.00. The molecule has 62 valence electrons. The van der Waals surface area contributed by atoms with E-state index in [1.54, 1.807) is 0 Å². The van der Waals surface area contributed by atoms with Crippen LogP contribution in [0.5, 0.6) is 0 Å². The molecule has 1 aromatic rings. The van der Waals surface area contributed by atoms with Crippen molar-refractivity contribution in [1.82, 2.24) is 0 Å². The number of aromatic carboxylic acids is 1. The molecule has 0 radical (unpaired) electrons. The normalized spacial score (nSPS) is 9.45. The molecule has 0 saturated carbocycles. The summed E-state index contributed by atoms with van der Waals surface area (Å²) in [6.07, 6.45) is 0. The van der Waals surface area contributed by atoms with Gasteiger partial charge >= 0.3 is 5.97 Å². The summed E-state index contributed by atoms with van der Waals surface area (Å²) < 4.78 is 0. The number of rotatable bonds is 1. The lowest BCUT2D eigenvalue weighted by Crippen LogP contribution is -2.00. The quantitative estimate of drug-likeness (QED) is 0.530. The Hall–Kier alpha value is -1.71. The van der Waals surface area contributed by atoms with E-state index >= 15 is 0 Å². The van der Waals surface area contributed by atoms with Gasteiger partial charge in [0.1, 0.15) is 0 Å². The van der Waals surface area contributed by atoms with Crippen LogP contribution >= 0.6 is 0 Å². The average Bonchev–Trinajstić information content (AvgIpc) is 1.94. The third kappa shape index (κ3) is 1.40. The summed E-state index contributed by atoms with van der Waals surface area (Å²) in [5, 5.41) is 8.50. The summed E-state index contributed by atoms with van der Waals surface area (Å²) in [5.41, 5.74) is 11.6. The van der Waals surface area contributed by atoms with E-state index in [2.05, 4.69) is 0 Å². The van der Waals surface area contributed by atoms with Crippen molar-refractivity contribution in [2.24, 2.45) is 0 Å². The van der Waals surface area contributed by atoms with Crippen molar-refractivity contribution in [3.05, 3.63) is 23.8 Å². The second kappa shape index (κ2) is 2.49. The Morgan fingerprint density at radius 2 is 2.00 bits per heavy atom. The first-order chi connectivity index (χ1) is 5.11. The van der Waals surface area contributed by atoms with Crippen LogP contribution < -0.4 is 11.5 Å². The van der Waals surface area contributed by atoms with Crippen molar-refractivity contribution in [3.8, 4) is 0 Å². The number of carboxylic acids is 1. The number of carbonyl (C=O) groups is 1. The van der Waals surface area contributed by atoms with Crippen molar-refractivity contribution < 1.29 is 12.8 Å². The molecular formula is C7H12N2O2. The number of carboxylic acid groups (broad SMARTS) is 1. The Bertz CT molecular complexity index is 305. The van der Waals surface area contributed by atoms with Crippen LogP contribution in [0.2, 0.25) is 0 Å². The maximum atomic E-state index is 10.4. The number of anilines is 2. The molecule has 4 heteroatoms. The fraction of sp³-hybridized carbons (Fsp3) is 0. The van der Waals surface area contributed by atoms with Crippen LogP contribution in [-0.4, -0.2) is 11.1 Å². The summed E-state index contributed by atoms with van der Waals surface area (Å²) in [7, 11) is 0. The van der Waals surface area contributed by atoms with Gasteiger partial charge in [-0.25, -0.2) is 4.79 Å². The van der Waals surface area contributed by atoms with E-state index < -0.39 is 5.97 Å². The van der Waals surface area contributed by atoms with Crippen LogP contribution in [-0.2, 0) is 0 Å². The summed E-state index contributed by atoms with van der Waals surface area (Å²) in [5.74, 6) is -1.00. The molecule has 0 atom stereocenters. The van der Waals surface area contributed by atoms with Crippen LogP contribution in [0.15, 0.2) is 18.2 Å². The Morgan fingerprint density at radius 1 is 1.36 bits per heavy atom. The number of hydrogen-bond donors (Lipinski definition) is 3. The number of nitrogen functional groups attached to an aromatic ring is 2. The first kappa shape index (κ1) is 7.40. The molecule has 11 heavy (non-hydrogen) atoms. The van der Waals surface area contributed by atoms with Crippen molar-refractivity contribution in [2.75, 3.05) is 11.5 Å². The van der Waals surface area contributed by atoms with Gasteiger partial charge in [-0.15, -0.1) is 0 Å². The van der Waals surface area contributed by atoms with Gasteiger partial charge in [0, 0.05) is 2.85 Å². The van der Waals surface area contributed by atoms with Crippen molar-refractivity contribution in [1.29, 1.82) is 0 Å². The highest BCUT2D eigenvalue weighted by molar-refractivity contribution is 5.90. The topological polar surface area (TPSA) is 89.3 Å². The Kier molecular flexibility index (Phi) is 1.68. The highest BCUT2D eigenvalue weighted by Crippen LogP contribution is 2.15. The average molecular weight is 156 g/mol. The number of nitrogens with two attached hydrogens (primary N) is 2. The molecule has 0 saturated heterocycles. The first-order valence-electron chi connectivity index (χ1n) is 2.99. The van der Waals surface area contributed by atoms with Crippen LogP contribution in [0.4, 0.5) is 11.4 Å². The van der Waals surface area contributed by atoms with Gasteiger partial charge in [0.05, 0.1) is 16.9 Å². The van der Waals surface area contributed by atoms with Crippen LogP contribution in [0.1, 0.15) is 13.2 Å². The largest absolute Gasteiger partial charge is 0.478 e. The summed E-state index contributed by atoms with van der Waals surface area (Å²) in [6.45, 7) is 0. The van der Waals surface area contributed by atoms with Crippen LogP contribution in [0.25, 0.3) is 0 Å². The molecule has 0 aliphatic rings. The number of benzene rings is 1. The molecule has 0 bridgehead atoms. The Morgan fingerprint density at radius 3 is 2.45 bits per heavy atom. The smallest absolute Gasteiger partial charge is 0.335 e. The van der Waals surface area contributed by atoms with E-state index in [0.717, 1.165) is 0 Å². The van der Waals surface area contributed by atoms with Crippen molar-refractivity contribution in [3.63, 3.8) is 0 Å². The van der Waals surface area contributed by atoms with Gasteiger partial charge in [-0.05, 0) is 18.2 Å². The molecule has 0 aliphatic carbocycles. The second-order valence-electron chi connectivity index (χ2n) is 2.15. The minimum Gasteiger partial charge on any atom is -0.478 e. The highest BCUT2D eigenvalue weighted by Gasteiger charge is 2.03. The third-order valence-corrected chi connectivity index (χ3v) is 1.33. The maximum absolute atomic E-state index is 10.4. The zero-order valence-electron chi connectivity index (χ0n) is 5.74. The zero-order valence-corrected chi connectivity index (χ0v) is 5.74. The fourth-order valence-corrected chi connectivity index (χ4v) is 0.708. The molecule has 4 nitrogen and oxygen atoms in total. The predicted octanol–water partition coefficient (Wildman–Crippen LogP) is 1.04. The van der Waals surface area contributed by atoms with Crippen molar-refractivity contribution >= 4 is 17.3 Å². The van der Waals surface area contributed by atoms with Gasteiger partial charge in [-0.1, -0.05) is 0 Å². The van der Waals surface area contributed by atoms with Gasteiger partial charge in [0.2, 0.25) is 0 Å². The first-order valence-corrected chi connectivity index (χ1v) is 2.99. The van der Waals surface area contributed by atoms with E-state index in [9.17, 15) is 4.79 Å². The molecule has 0 unspecified atom stereocenters. The fourth-order valence-electron chi connectivity index (χ4n) is 0.708. The van der Waals surface area contributed by atoms with E-state index in [4.69, 9.17) is 16.6 Å². The van der Waals surface area contributed by atoms with Crippen molar-refractivity contribution in [2.45, 2.75) is 0 Å². The molecule has 0 aromatic heterocycles. The standard InChI is InChI=1S/C7H8N2O2.2H2/c8-5-2-1-4(7(10)11)3-6(5)9;;/h1-3H,8-9H2,(H,10,11);2*1H. The van der Waals surface area contributed by atoms with E-state index in [-0.39, 0.29) is 8.42 Å². The van der Waals surface area contributed by atoms with Gasteiger partial charge in [-0.3, -0.25) is 0 Å². The van der Waals surface area contributed by atoms with E-state index in [1.165, 1.54) is 18.2 Å². The molecule has 1 aromatic carbocycles. The predicted molar refractivity (Wildman–Crippen MR) is 46.5 cm³/mol. The van der Waals surface area contributed by atoms with Gasteiger partial charge in [0.15, 0.2) is 0 Å². The molecule has 1 rings (SSSR count). The summed E-state index contributed by atoms with van der Waals surface area (Å²) >= 11 is 0. The molecule has 0 aliphatic heterocycles. The minimum absolute atomic E-state index is 0. The monoisotopic (exact) mass is 156 g/mol. The van der Waals surface area contributed by atoms with Crippen LogP contribution in [0, 0.1) is 0 Å². The lowest BCUT2D eigenvalue weighted by atomic mass is 10.2. The summed E-state index contributed by atoms with van der Waals surface area (Å²) in [4.78, 5) is 10.4. The lowest BCUT2D eigenvalue weighted by molar-refractivity contribution is 0.0697. The third-order valence-electron chi connectivity index (χ3n) is 1.33.